The van der Waals surface area contributed by atoms with Gasteiger partial charge in [0, 0.05) is 36.9 Å². The summed E-state index contributed by atoms with van der Waals surface area (Å²) in [4.78, 5) is 14.5. The first-order valence-corrected chi connectivity index (χ1v) is 13.5. The molecule has 1 fully saturated rings. The molecule has 2 heterocycles. The highest BCUT2D eigenvalue weighted by Crippen LogP contribution is 2.41. The molecule has 1 atom stereocenters. The molecule has 0 bridgehead atoms. The Bertz CT molecular complexity index is 711. The summed E-state index contributed by atoms with van der Waals surface area (Å²) in [6.07, 6.45) is 2.00. The van der Waals surface area contributed by atoms with Crippen LogP contribution in [0, 0.1) is 0 Å². The molecule has 0 radical (unpaired) electrons. The van der Waals surface area contributed by atoms with Crippen molar-refractivity contribution in [2.45, 2.75) is 90.0 Å². The van der Waals surface area contributed by atoms with E-state index >= 15 is 0 Å². The van der Waals surface area contributed by atoms with Crippen LogP contribution in [0.1, 0.15) is 66.5 Å². The Morgan fingerprint density at radius 3 is 2.52 bits per heavy atom. The van der Waals surface area contributed by atoms with Gasteiger partial charge in [-0.1, -0.05) is 27.7 Å². The van der Waals surface area contributed by atoms with Crippen molar-refractivity contribution >= 4 is 14.4 Å². The van der Waals surface area contributed by atoms with E-state index in [0.29, 0.717) is 19.7 Å². The maximum atomic E-state index is 12.7. The summed E-state index contributed by atoms with van der Waals surface area (Å²) in [6, 6.07) is 1.66. The molecule has 0 saturated carbocycles. The van der Waals surface area contributed by atoms with Gasteiger partial charge in [0.15, 0.2) is 8.32 Å². The summed E-state index contributed by atoms with van der Waals surface area (Å²) in [5, 5.41) is 16.8. The second-order valence-corrected chi connectivity index (χ2v) is 15.2. The predicted octanol–water partition coefficient (Wildman–Crippen LogP) is 4.80. The molecular weight excluding hydrogens is 386 g/mol. The van der Waals surface area contributed by atoms with Crippen LogP contribution >= 0.6 is 0 Å². The number of carbonyl (C=O) groups excluding carboxylic acids is 1. The van der Waals surface area contributed by atoms with Crippen LogP contribution in [0.4, 0.5) is 4.79 Å². The van der Waals surface area contributed by atoms with Crippen molar-refractivity contribution in [3.05, 3.63) is 11.8 Å². The van der Waals surface area contributed by atoms with Crippen molar-refractivity contribution < 1.29 is 19.1 Å². The molecule has 7 nitrogen and oxygen atoms in total. The van der Waals surface area contributed by atoms with E-state index in [9.17, 15) is 9.90 Å². The van der Waals surface area contributed by atoms with Gasteiger partial charge in [-0.05, 0) is 51.2 Å². The Morgan fingerprint density at radius 2 is 2.00 bits per heavy atom. The van der Waals surface area contributed by atoms with Gasteiger partial charge in [-0.3, -0.25) is 5.10 Å². The Balaban J connectivity index is 2.14. The first-order chi connectivity index (χ1) is 13.2. The number of amides is 1. The Hall–Kier alpha value is -1.54. The Morgan fingerprint density at radius 1 is 1.34 bits per heavy atom. The molecule has 0 aromatic carbocycles. The monoisotopic (exact) mass is 425 g/mol. The summed E-state index contributed by atoms with van der Waals surface area (Å²) >= 11 is 0. The van der Waals surface area contributed by atoms with Crippen molar-refractivity contribution in [2.75, 3.05) is 19.7 Å². The quantitative estimate of drug-likeness (QED) is 0.613. The van der Waals surface area contributed by atoms with Crippen molar-refractivity contribution in [2.24, 2.45) is 0 Å². The third-order valence-electron chi connectivity index (χ3n) is 6.81. The fourth-order valence-electron chi connectivity index (χ4n) is 3.26. The molecule has 0 spiro atoms. The highest BCUT2D eigenvalue weighted by Gasteiger charge is 2.45. The van der Waals surface area contributed by atoms with Gasteiger partial charge >= 0.3 is 6.09 Å². The van der Waals surface area contributed by atoms with Crippen LogP contribution < -0.4 is 0 Å². The largest absolute Gasteiger partial charge is 0.492 e. The van der Waals surface area contributed by atoms with Gasteiger partial charge < -0.3 is 19.2 Å². The zero-order valence-electron chi connectivity index (χ0n) is 19.4. The minimum atomic E-state index is -1.86. The molecule has 1 aromatic heterocycles. The van der Waals surface area contributed by atoms with Crippen LogP contribution in [0.2, 0.25) is 18.1 Å². The molecule has 8 heteroatoms. The van der Waals surface area contributed by atoms with E-state index in [2.05, 4.69) is 44.1 Å². The van der Waals surface area contributed by atoms with Gasteiger partial charge in [-0.15, -0.1) is 5.10 Å². The lowest BCUT2D eigenvalue weighted by atomic mass is 9.80. The lowest BCUT2D eigenvalue weighted by Gasteiger charge is -2.37. The minimum absolute atomic E-state index is 0.0298. The number of rotatable bonds is 7. The van der Waals surface area contributed by atoms with Crippen molar-refractivity contribution in [3.8, 4) is 5.88 Å². The lowest BCUT2D eigenvalue weighted by molar-refractivity contribution is 0.0141. The van der Waals surface area contributed by atoms with Crippen LogP contribution in [0.5, 0.6) is 5.88 Å². The first kappa shape index (κ1) is 23.7. The Kier molecular flexibility index (Phi) is 6.79. The van der Waals surface area contributed by atoms with E-state index in [1.165, 1.54) is 0 Å². The summed E-state index contributed by atoms with van der Waals surface area (Å²) in [5.41, 5.74) is 0.0325. The van der Waals surface area contributed by atoms with Gasteiger partial charge in [0.1, 0.15) is 5.60 Å². The summed E-state index contributed by atoms with van der Waals surface area (Å²) in [5.74, 6) is -0.0298. The van der Waals surface area contributed by atoms with Crippen molar-refractivity contribution in [1.82, 2.24) is 15.1 Å². The van der Waals surface area contributed by atoms with Gasteiger partial charge in [0.2, 0.25) is 5.88 Å². The van der Waals surface area contributed by atoms with E-state index in [4.69, 9.17) is 9.16 Å². The molecule has 1 unspecified atom stereocenters. The molecule has 2 rings (SSSR count). The standard InChI is InChI=1S/C21H39N3O4Si/c1-9-20(5,6)28-18(26)24-12-10-21(15-24,16-14-17(25)23-22-16)11-13-27-29(7,8)19(2,3)4/h14H,9-13,15H2,1-8H3,(H2,22,23,25). The molecule has 1 amide bonds. The molecule has 0 aliphatic carbocycles. The molecule has 2 N–H and O–H groups in total. The third kappa shape index (κ3) is 5.54. The average Bonchev–Trinajstić information content (AvgIpc) is 3.21. The number of ether oxygens (including phenoxy) is 1. The highest BCUT2D eigenvalue weighted by molar-refractivity contribution is 6.74. The molecule has 1 saturated heterocycles. The molecule has 1 aliphatic heterocycles. The van der Waals surface area contributed by atoms with E-state index in [0.717, 1.165) is 25.0 Å². The SMILES string of the molecule is CCC(C)(C)OC(=O)N1CCC(CCO[Si](C)(C)C(C)(C)C)(c2cc(O)n[nH]2)C1. The predicted molar refractivity (Wildman–Crippen MR) is 117 cm³/mol. The van der Waals surface area contributed by atoms with E-state index in [1.807, 2.05) is 20.8 Å². The van der Waals surface area contributed by atoms with Crippen LogP contribution in [0.25, 0.3) is 0 Å². The topological polar surface area (TPSA) is 87.7 Å². The number of nitrogens with zero attached hydrogens (tertiary/aromatic N) is 2. The zero-order valence-corrected chi connectivity index (χ0v) is 20.4. The molecule has 1 aromatic rings. The van der Waals surface area contributed by atoms with Gasteiger partial charge in [-0.2, -0.15) is 0 Å². The number of H-pyrrole nitrogens is 1. The number of likely N-dealkylation sites (tertiary alicyclic amines) is 1. The van der Waals surface area contributed by atoms with Crippen LogP contribution in [-0.4, -0.2) is 59.9 Å². The number of aromatic hydroxyl groups is 1. The fraction of sp³-hybridized carbons (Fsp3) is 0.810. The second-order valence-electron chi connectivity index (χ2n) is 10.4. The van der Waals surface area contributed by atoms with Gasteiger partial charge in [0.05, 0.1) is 0 Å². The van der Waals surface area contributed by atoms with Gasteiger partial charge in [-0.25, -0.2) is 4.79 Å². The van der Waals surface area contributed by atoms with Crippen LogP contribution in [0.15, 0.2) is 6.07 Å². The maximum absolute atomic E-state index is 12.7. The van der Waals surface area contributed by atoms with Crippen molar-refractivity contribution in [3.63, 3.8) is 0 Å². The highest BCUT2D eigenvalue weighted by atomic mass is 28.4. The van der Waals surface area contributed by atoms with E-state index in [-0.39, 0.29) is 22.4 Å². The number of aromatic nitrogens is 2. The molecule has 166 valence electrons. The first-order valence-electron chi connectivity index (χ1n) is 10.6. The average molecular weight is 426 g/mol. The maximum Gasteiger partial charge on any atom is 0.410 e. The number of aromatic amines is 1. The van der Waals surface area contributed by atoms with Crippen LogP contribution in [-0.2, 0) is 14.6 Å². The van der Waals surface area contributed by atoms with E-state index in [1.54, 1.807) is 11.0 Å². The summed E-state index contributed by atoms with van der Waals surface area (Å²) in [7, 11) is -1.86. The summed E-state index contributed by atoms with van der Waals surface area (Å²) in [6.45, 7) is 18.8. The lowest BCUT2D eigenvalue weighted by Crippen LogP contribution is -2.43. The van der Waals surface area contributed by atoms with Crippen molar-refractivity contribution in [1.29, 1.82) is 0 Å². The molecule has 29 heavy (non-hydrogen) atoms. The zero-order chi connectivity index (χ0) is 22.1. The molecule has 1 aliphatic rings. The number of hydrogen-bond donors (Lipinski definition) is 2. The third-order valence-corrected chi connectivity index (χ3v) is 11.4. The number of carbonyl (C=O) groups is 1. The molecular formula is C21H39N3O4Si. The number of nitrogens with one attached hydrogen (secondary N) is 1. The number of hydrogen-bond acceptors (Lipinski definition) is 5. The Labute approximate surface area is 176 Å². The minimum Gasteiger partial charge on any atom is -0.492 e. The normalized spacial score (nSPS) is 20.9. The summed E-state index contributed by atoms with van der Waals surface area (Å²) < 4.78 is 12.1. The fourth-order valence-corrected chi connectivity index (χ4v) is 4.31. The van der Waals surface area contributed by atoms with Gasteiger partial charge in [0.25, 0.3) is 0 Å². The smallest absolute Gasteiger partial charge is 0.410 e. The van der Waals surface area contributed by atoms with E-state index < -0.39 is 13.9 Å². The second kappa shape index (κ2) is 8.30. The van der Waals surface area contributed by atoms with Crippen LogP contribution in [0.3, 0.4) is 0 Å².